The molecule has 2 nitrogen and oxygen atoms in total. The molecule has 0 saturated carbocycles. The predicted molar refractivity (Wildman–Crippen MR) is 58.4 cm³/mol. The van der Waals surface area contributed by atoms with Gasteiger partial charge >= 0.3 is 6.18 Å². The molecular formula is C11H21F3N2. The van der Waals surface area contributed by atoms with Gasteiger partial charge in [0.25, 0.3) is 0 Å². The minimum atomic E-state index is -4.03. The summed E-state index contributed by atoms with van der Waals surface area (Å²) in [6, 6.07) is 0.489. The summed E-state index contributed by atoms with van der Waals surface area (Å²) < 4.78 is 35.9. The van der Waals surface area contributed by atoms with Crippen molar-refractivity contribution in [2.75, 3.05) is 26.7 Å². The zero-order valence-corrected chi connectivity index (χ0v) is 9.98. The van der Waals surface area contributed by atoms with Crippen molar-refractivity contribution in [1.82, 2.24) is 10.2 Å². The van der Waals surface area contributed by atoms with E-state index in [0.717, 1.165) is 25.9 Å². The van der Waals surface area contributed by atoms with E-state index in [1.54, 1.807) is 11.9 Å². The molecule has 1 aliphatic heterocycles. The maximum absolute atomic E-state index is 12.0. The Morgan fingerprint density at radius 3 is 2.50 bits per heavy atom. The summed E-state index contributed by atoms with van der Waals surface area (Å²) in [5, 5.41) is 3.39. The van der Waals surface area contributed by atoms with Gasteiger partial charge in [-0.3, -0.25) is 0 Å². The average molecular weight is 238 g/mol. The molecule has 1 N–H and O–H groups in total. The lowest BCUT2D eigenvalue weighted by Gasteiger charge is -2.19. The number of nitrogens with zero attached hydrogens (tertiary/aromatic N) is 1. The van der Waals surface area contributed by atoms with Crippen LogP contribution in [0.5, 0.6) is 0 Å². The Hall–Kier alpha value is -0.290. The molecule has 0 aromatic rings. The highest BCUT2D eigenvalue weighted by Crippen LogP contribution is 2.20. The summed E-state index contributed by atoms with van der Waals surface area (Å²) in [5.41, 5.74) is 0. The Balaban J connectivity index is 2.08. The maximum atomic E-state index is 12.0. The zero-order chi connectivity index (χ0) is 12.2. The van der Waals surface area contributed by atoms with Crippen LogP contribution in [-0.4, -0.2) is 43.8 Å². The second-order valence-corrected chi connectivity index (χ2v) is 4.90. The van der Waals surface area contributed by atoms with Crippen LogP contribution in [-0.2, 0) is 0 Å². The molecule has 1 saturated heterocycles. The highest BCUT2D eigenvalue weighted by atomic mass is 19.4. The quantitative estimate of drug-likeness (QED) is 0.790. The van der Waals surface area contributed by atoms with Crippen molar-refractivity contribution in [3.8, 4) is 0 Å². The second kappa shape index (κ2) is 5.87. The van der Waals surface area contributed by atoms with Crippen molar-refractivity contribution in [1.29, 1.82) is 0 Å². The first kappa shape index (κ1) is 13.8. The van der Waals surface area contributed by atoms with E-state index in [9.17, 15) is 13.2 Å². The summed E-state index contributed by atoms with van der Waals surface area (Å²) >= 11 is 0. The Morgan fingerprint density at radius 1 is 1.31 bits per heavy atom. The fraction of sp³-hybridized carbons (Fsp3) is 1.00. The molecule has 1 heterocycles. The number of hydrogen-bond acceptors (Lipinski definition) is 2. The third-order valence-electron chi connectivity index (χ3n) is 3.08. The van der Waals surface area contributed by atoms with E-state index in [-0.39, 0.29) is 6.54 Å². The molecule has 0 aromatic carbocycles. The van der Waals surface area contributed by atoms with Crippen molar-refractivity contribution >= 4 is 0 Å². The second-order valence-electron chi connectivity index (χ2n) is 4.90. The van der Waals surface area contributed by atoms with Crippen molar-refractivity contribution in [3.05, 3.63) is 0 Å². The first-order chi connectivity index (χ1) is 7.37. The lowest BCUT2D eigenvalue weighted by molar-refractivity contribution is -0.137. The van der Waals surface area contributed by atoms with Gasteiger partial charge in [0.15, 0.2) is 0 Å². The van der Waals surface area contributed by atoms with Crippen LogP contribution in [0, 0.1) is 5.92 Å². The van der Waals surface area contributed by atoms with Gasteiger partial charge in [0.1, 0.15) is 0 Å². The van der Waals surface area contributed by atoms with E-state index in [1.807, 2.05) is 0 Å². The van der Waals surface area contributed by atoms with Crippen LogP contribution in [0.1, 0.15) is 26.2 Å². The molecular weight excluding hydrogens is 217 g/mol. The number of nitrogens with one attached hydrogen (secondary N) is 1. The van der Waals surface area contributed by atoms with Crippen LogP contribution < -0.4 is 5.32 Å². The lowest BCUT2D eigenvalue weighted by atomic mass is 10.1. The van der Waals surface area contributed by atoms with Crippen molar-refractivity contribution in [3.63, 3.8) is 0 Å². The first-order valence-corrected chi connectivity index (χ1v) is 5.85. The monoisotopic (exact) mass is 238 g/mol. The summed E-state index contributed by atoms with van der Waals surface area (Å²) in [4.78, 5) is 1.76. The van der Waals surface area contributed by atoms with E-state index in [2.05, 4.69) is 12.2 Å². The van der Waals surface area contributed by atoms with Gasteiger partial charge in [0, 0.05) is 12.6 Å². The van der Waals surface area contributed by atoms with Crippen molar-refractivity contribution < 1.29 is 13.2 Å². The highest BCUT2D eigenvalue weighted by Gasteiger charge is 2.27. The summed E-state index contributed by atoms with van der Waals surface area (Å²) in [7, 11) is 1.75. The molecule has 1 aliphatic rings. The molecule has 2 unspecified atom stereocenters. The Labute approximate surface area is 95.2 Å². The standard InChI is InChI=1S/C11H21F3N2/c1-9-7-10(15-8-9)3-5-16(2)6-4-11(12,13)14/h9-10,15H,3-8H2,1-2H3. The molecule has 0 aliphatic carbocycles. The van der Waals surface area contributed by atoms with Gasteiger partial charge in [-0.1, -0.05) is 6.92 Å². The van der Waals surface area contributed by atoms with Crippen molar-refractivity contribution in [2.45, 2.75) is 38.4 Å². The van der Waals surface area contributed by atoms with E-state index < -0.39 is 12.6 Å². The summed E-state index contributed by atoms with van der Waals surface area (Å²) in [6.45, 7) is 4.07. The van der Waals surface area contributed by atoms with Gasteiger partial charge in [0.05, 0.1) is 6.42 Å². The van der Waals surface area contributed by atoms with E-state index in [1.165, 1.54) is 0 Å². The molecule has 1 rings (SSSR count). The van der Waals surface area contributed by atoms with Gasteiger partial charge in [-0.2, -0.15) is 13.2 Å². The first-order valence-electron chi connectivity index (χ1n) is 5.85. The Kier molecular flexibility index (Phi) is 5.05. The third-order valence-corrected chi connectivity index (χ3v) is 3.08. The van der Waals surface area contributed by atoms with Gasteiger partial charge in [-0.05, 0) is 38.9 Å². The smallest absolute Gasteiger partial charge is 0.314 e. The number of alkyl halides is 3. The maximum Gasteiger partial charge on any atom is 0.390 e. The molecule has 0 radical (unpaired) electrons. The largest absolute Gasteiger partial charge is 0.390 e. The molecule has 5 heteroatoms. The Bertz CT molecular complexity index is 206. The van der Waals surface area contributed by atoms with Crippen LogP contribution in [0.25, 0.3) is 0 Å². The fourth-order valence-electron chi connectivity index (χ4n) is 2.05. The molecule has 0 aromatic heterocycles. The third kappa shape index (κ3) is 5.70. The van der Waals surface area contributed by atoms with Crippen molar-refractivity contribution in [2.24, 2.45) is 5.92 Å². The summed E-state index contributed by atoms with van der Waals surface area (Å²) in [5.74, 6) is 0.700. The number of hydrogen-bond donors (Lipinski definition) is 1. The minimum Gasteiger partial charge on any atom is -0.314 e. The predicted octanol–water partition coefficient (Wildman–Crippen LogP) is 2.26. The normalized spacial score (nSPS) is 26.6. The Morgan fingerprint density at radius 2 is 2.00 bits per heavy atom. The van der Waals surface area contributed by atoms with Gasteiger partial charge in [-0.25, -0.2) is 0 Å². The highest BCUT2D eigenvalue weighted by molar-refractivity contribution is 4.79. The van der Waals surface area contributed by atoms with Crippen LogP contribution in [0.2, 0.25) is 0 Å². The van der Waals surface area contributed by atoms with Gasteiger partial charge < -0.3 is 10.2 Å². The molecule has 1 fully saturated rings. The zero-order valence-electron chi connectivity index (χ0n) is 9.98. The van der Waals surface area contributed by atoms with E-state index in [0.29, 0.717) is 12.0 Å². The SMILES string of the molecule is CC1CNC(CCN(C)CCC(F)(F)F)C1. The van der Waals surface area contributed by atoms with Gasteiger partial charge in [0.2, 0.25) is 0 Å². The molecule has 96 valence electrons. The van der Waals surface area contributed by atoms with Gasteiger partial charge in [-0.15, -0.1) is 0 Å². The van der Waals surface area contributed by atoms with Crippen LogP contribution >= 0.6 is 0 Å². The molecule has 0 bridgehead atoms. The lowest BCUT2D eigenvalue weighted by Crippen LogP contribution is -2.30. The molecule has 16 heavy (non-hydrogen) atoms. The molecule has 0 spiro atoms. The minimum absolute atomic E-state index is 0.103. The average Bonchev–Trinajstić information content (AvgIpc) is 2.57. The summed E-state index contributed by atoms with van der Waals surface area (Å²) in [6.07, 6.45) is -2.65. The number of halogens is 3. The van der Waals surface area contributed by atoms with E-state index >= 15 is 0 Å². The molecule has 0 amide bonds. The fourth-order valence-corrected chi connectivity index (χ4v) is 2.05. The van der Waals surface area contributed by atoms with Crippen LogP contribution in [0.4, 0.5) is 13.2 Å². The van der Waals surface area contributed by atoms with Crippen LogP contribution in [0.3, 0.4) is 0 Å². The number of rotatable bonds is 5. The molecule has 2 atom stereocenters. The van der Waals surface area contributed by atoms with Crippen LogP contribution in [0.15, 0.2) is 0 Å². The topological polar surface area (TPSA) is 15.3 Å². The van der Waals surface area contributed by atoms with E-state index in [4.69, 9.17) is 0 Å².